The maximum atomic E-state index is 12.5. The molecule has 0 radical (unpaired) electrons. The minimum Gasteiger partial charge on any atom is -0.331 e. The molecule has 4 rings (SSSR count). The summed E-state index contributed by atoms with van der Waals surface area (Å²) in [6.45, 7) is 4.01. The fourth-order valence-electron chi connectivity index (χ4n) is 3.60. The molecule has 1 amide bonds. The molecule has 114 valence electrons. The van der Waals surface area contributed by atoms with Crippen molar-refractivity contribution in [2.24, 2.45) is 0 Å². The van der Waals surface area contributed by atoms with Gasteiger partial charge in [0.2, 0.25) is 0 Å². The highest BCUT2D eigenvalue weighted by Crippen LogP contribution is 2.28. The minimum absolute atomic E-state index is 0.229. The molecule has 1 aromatic carbocycles. The number of nitrogens with zero attached hydrogens (tertiary/aromatic N) is 2. The summed E-state index contributed by atoms with van der Waals surface area (Å²) in [7, 11) is 0. The summed E-state index contributed by atoms with van der Waals surface area (Å²) in [4.78, 5) is 17.1. The van der Waals surface area contributed by atoms with Crippen LogP contribution >= 0.6 is 11.3 Å². The Morgan fingerprint density at radius 2 is 1.95 bits per heavy atom. The fourth-order valence-corrected chi connectivity index (χ4v) is 4.26. The molecule has 3 heterocycles. The Morgan fingerprint density at radius 3 is 2.68 bits per heavy atom. The summed E-state index contributed by atoms with van der Waals surface area (Å²) >= 11 is 1.76. The summed E-state index contributed by atoms with van der Waals surface area (Å²) in [6, 6.07) is 10.6. The van der Waals surface area contributed by atoms with Gasteiger partial charge < -0.3 is 4.90 Å². The molecule has 22 heavy (non-hydrogen) atoms. The molecule has 2 aliphatic heterocycles. The Morgan fingerprint density at radius 1 is 1.14 bits per heavy atom. The van der Waals surface area contributed by atoms with Crippen molar-refractivity contribution in [3.8, 4) is 0 Å². The molecular formula is C18H20N2OS. The maximum absolute atomic E-state index is 12.5. The molecule has 0 N–H and O–H groups in total. The summed E-state index contributed by atoms with van der Waals surface area (Å²) in [5.74, 6) is 0.229. The summed E-state index contributed by atoms with van der Waals surface area (Å²) in [5, 5.41) is 4.37. The van der Waals surface area contributed by atoms with Crippen molar-refractivity contribution in [1.29, 1.82) is 0 Å². The van der Waals surface area contributed by atoms with Crippen LogP contribution in [0.25, 0.3) is 0 Å². The Labute approximate surface area is 135 Å². The number of benzene rings is 1. The molecule has 0 bridgehead atoms. The third kappa shape index (κ3) is 2.57. The Bertz CT molecular complexity index is 659. The molecule has 1 fully saturated rings. The van der Waals surface area contributed by atoms with Gasteiger partial charge in [0.15, 0.2) is 0 Å². The standard InChI is InChI=1S/C18H20N2OS/c21-18-17-4-2-1-3-15(17)12-20(18)16-5-8-19(9-6-16)11-14-7-10-22-13-14/h1-4,7,10,13,16H,5-6,8-9,11-12H2. The smallest absolute Gasteiger partial charge is 0.254 e. The lowest BCUT2D eigenvalue weighted by atomic mass is 10.0. The average Bonchev–Trinajstić information content (AvgIpc) is 3.17. The highest BCUT2D eigenvalue weighted by atomic mass is 32.1. The second-order valence-electron chi connectivity index (χ2n) is 6.23. The van der Waals surface area contributed by atoms with Crippen LogP contribution in [0.4, 0.5) is 0 Å². The molecule has 2 aromatic rings. The van der Waals surface area contributed by atoms with Crippen LogP contribution in [-0.4, -0.2) is 34.8 Å². The van der Waals surface area contributed by atoms with Crippen LogP contribution in [0.2, 0.25) is 0 Å². The number of likely N-dealkylation sites (tertiary alicyclic amines) is 1. The third-order valence-corrected chi connectivity index (χ3v) is 5.57. The van der Waals surface area contributed by atoms with Crippen molar-refractivity contribution >= 4 is 17.2 Å². The zero-order valence-corrected chi connectivity index (χ0v) is 13.4. The molecule has 0 spiro atoms. The summed E-state index contributed by atoms with van der Waals surface area (Å²) < 4.78 is 0. The second-order valence-corrected chi connectivity index (χ2v) is 7.01. The molecule has 0 unspecified atom stereocenters. The first kappa shape index (κ1) is 14.0. The molecule has 0 saturated carbocycles. The van der Waals surface area contributed by atoms with Crippen molar-refractivity contribution in [1.82, 2.24) is 9.80 Å². The van der Waals surface area contributed by atoms with E-state index >= 15 is 0 Å². The zero-order valence-electron chi connectivity index (χ0n) is 12.6. The Kier molecular flexibility index (Phi) is 3.72. The number of piperidine rings is 1. The van der Waals surface area contributed by atoms with Crippen LogP contribution in [0.1, 0.15) is 34.3 Å². The van der Waals surface area contributed by atoms with E-state index in [2.05, 4.69) is 32.7 Å². The van der Waals surface area contributed by atoms with Crippen molar-refractivity contribution in [3.63, 3.8) is 0 Å². The molecule has 0 atom stereocenters. The van der Waals surface area contributed by atoms with E-state index in [0.717, 1.165) is 44.6 Å². The van der Waals surface area contributed by atoms with Gasteiger partial charge in [-0.15, -0.1) is 0 Å². The van der Waals surface area contributed by atoms with E-state index in [4.69, 9.17) is 0 Å². The van der Waals surface area contributed by atoms with Crippen molar-refractivity contribution in [2.75, 3.05) is 13.1 Å². The first-order valence-electron chi connectivity index (χ1n) is 7.93. The highest BCUT2D eigenvalue weighted by Gasteiger charge is 2.34. The van der Waals surface area contributed by atoms with Gasteiger partial charge in [-0.3, -0.25) is 9.69 Å². The number of carbonyl (C=O) groups excluding carboxylic acids is 1. The number of thiophene rings is 1. The predicted molar refractivity (Wildman–Crippen MR) is 88.9 cm³/mol. The molecule has 1 saturated heterocycles. The largest absolute Gasteiger partial charge is 0.331 e. The van der Waals surface area contributed by atoms with E-state index in [0.29, 0.717) is 6.04 Å². The molecule has 0 aliphatic carbocycles. The van der Waals surface area contributed by atoms with Gasteiger partial charge in [-0.25, -0.2) is 0 Å². The molecular weight excluding hydrogens is 292 g/mol. The normalized spacial score (nSPS) is 19.6. The van der Waals surface area contributed by atoms with Gasteiger partial charge in [-0.05, 0) is 46.9 Å². The van der Waals surface area contributed by atoms with Gasteiger partial charge in [0.05, 0.1) is 0 Å². The Balaban J connectivity index is 1.38. The number of amides is 1. The average molecular weight is 312 g/mol. The SMILES string of the molecule is O=C1c2ccccc2CN1C1CCN(Cc2ccsc2)CC1. The fraction of sp³-hybridized carbons (Fsp3) is 0.389. The van der Waals surface area contributed by atoms with Gasteiger partial charge in [0.25, 0.3) is 5.91 Å². The topological polar surface area (TPSA) is 23.6 Å². The van der Waals surface area contributed by atoms with E-state index in [1.807, 2.05) is 18.2 Å². The molecule has 3 nitrogen and oxygen atoms in total. The van der Waals surface area contributed by atoms with Crippen molar-refractivity contribution in [3.05, 3.63) is 57.8 Å². The van der Waals surface area contributed by atoms with Crippen molar-refractivity contribution < 1.29 is 4.79 Å². The molecule has 4 heteroatoms. The van der Waals surface area contributed by atoms with E-state index in [1.165, 1.54) is 11.1 Å². The lowest BCUT2D eigenvalue weighted by molar-refractivity contribution is 0.0590. The first-order chi connectivity index (χ1) is 10.8. The van der Waals surface area contributed by atoms with Crippen LogP contribution in [0.5, 0.6) is 0 Å². The molecule has 1 aromatic heterocycles. The number of hydrogen-bond acceptors (Lipinski definition) is 3. The summed E-state index contributed by atoms with van der Waals surface area (Å²) in [6.07, 6.45) is 2.17. The highest BCUT2D eigenvalue weighted by molar-refractivity contribution is 7.07. The molecule has 2 aliphatic rings. The number of rotatable bonds is 3. The Hall–Kier alpha value is -1.65. The van der Waals surface area contributed by atoms with Crippen molar-refractivity contribution in [2.45, 2.75) is 32.0 Å². The lowest BCUT2D eigenvalue weighted by Gasteiger charge is -2.36. The zero-order chi connectivity index (χ0) is 14.9. The van der Waals surface area contributed by atoms with Crippen LogP contribution in [-0.2, 0) is 13.1 Å². The van der Waals surface area contributed by atoms with Gasteiger partial charge in [0.1, 0.15) is 0 Å². The van der Waals surface area contributed by atoms with Crippen LogP contribution in [0.3, 0.4) is 0 Å². The monoisotopic (exact) mass is 312 g/mol. The van der Waals surface area contributed by atoms with E-state index in [1.54, 1.807) is 11.3 Å². The number of hydrogen-bond donors (Lipinski definition) is 0. The second kappa shape index (κ2) is 5.86. The lowest BCUT2D eigenvalue weighted by Crippen LogP contribution is -2.44. The maximum Gasteiger partial charge on any atom is 0.254 e. The quantitative estimate of drug-likeness (QED) is 0.867. The van der Waals surface area contributed by atoms with Gasteiger partial charge >= 0.3 is 0 Å². The van der Waals surface area contributed by atoms with Crippen LogP contribution < -0.4 is 0 Å². The third-order valence-electron chi connectivity index (χ3n) is 4.83. The van der Waals surface area contributed by atoms with E-state index in [-0.39, 0.29) is 5.91 Å². The predicted octanol–water partition coefficient (Wildman–Crippen LogP) is 3.37. The van der Waals surface area contributed by atoms with E-state index < -0.39 is 0 Å². The first-order valence-corrected chi connectivity index (χ1v) is 8.88. The van der Waals surface area contributed by atoms with Gasteiger partial charge in [-0.1, -0.05) is 18.2 Å². The van der Waals surface area contributed by atoms with Crippen LogP contribution in [0, 0.1) is 0 Å². The minimum atomic E-state index is 0.229. The van der Waals surface area contributed by atoms with Crippen LogP contribution in [0.15, 0.2) is 41.1 Å². The number of carbonyl (C=O) groups is 1. The number of fused-ring (bicyclic) bond motifs is 1. The van der Waals surface area contributed by atoms with Gasteiger partial charge in [0, 0.05) is 37.8 Å². The van der Waals surface area contributed by atoms with Gasteiger partial charge in [-0.2, -0.15) is 11.3 Å². The van der Waals surface area contributed by atoms with E-state index in [9.17, 15) is 4.79 Å². The summed E-state index contributed by atoms with van der Waals surface area (Å²) in [5.41, 5.74) is 3.50.